The van der Waals surface area contributed by atoms with E-state index in [9.17, 15) is 0 Å². The van der Waals surface area contributed by atoms with Crippen molar-refractivity contribution in [3.8, 4) is 11.5 Å². The lowest BCUT2D eigenvalue weighted by atomic mass is 10.1. The molecular formula is C23H25N5O2. The van der Waals surface area contributed by atoms with E-state index in [-0.39, 0.29) is 0 Å². The Morgan fingerprint density at radius 2 is 1.77 bits per heavy atom. The van der Waals surface area contributed by atoms with E-state index in [1.54, 1.807) is 0 Å². The van der Waals surface area contributed by atoms with E-state index in [0.29, 0.717) is 12.8 Å². The zero-order valence-electron chi connectivity index (χ0n) is 16.9. The molecule has 6 rings (SSSR count). The Labute approximate surface area is 175 Å². The zero-order chi connectivity index (χ0) is 19.9. The lowest BCUT2D eigenvalue weighted by molar-refractivity contribution is 0.174. The van der Waals surface area contributed by atoms with Gasteiger partial charge in [0.1, 0.15) is 5.82 Å². The van der Waals surface area contributed by atoms with Crippen LogP contribution in [-0.2, 0) is 6.54 Å². The first-order valence-electron chi connectivity index (χ1n) is 10.7. The number of benzene rings is 2. The second kappa shape index (κ2) is 7.32. The number of aromatic nitrogens is 2. The van der Waals surface area contributed by atoms with Crippen LogP contribution < -0.4 is 19.7 Å². The molecule has 2 aromatic carbocycles. The van der Waals surface area contributed by atoms with Crippen LogP contribution in [0.1, 0.15) is 18.4 Å². The third-order valence-corrected chi connectivity index (χ3v) is 6.01. The van der Waals surface area contributed by atoms with Crippen LogP contribution in [0.15, 0.2) is 42.5 Å². The monoisotopic (exact) mass is 403 g/mol. The van der Waals surface area contributed by atoms with Crippen molar-refractivity contribution in [3.05, 3.63) is 48.0 Å². The second-order valence-electron chi connectivity index (χ2n) is 8.26. The van der Waals surface area contributed by atoms with E-state index in [2.05, 4.69) is 45.4 Å². The summed E-state index contributed by atoms with van der Waals surface area (Å²) < 4.78 is 10.9. The van der Waals surface area contributed by atoms with Gasteiger partial charge in [0.05, 0.1) is 5.52 Å². The first-order valence-corrected chi connectivity index (χ1v) is 10.7. The molecule has 3 heterocycles. The number of nitrogens with one attached hydrogen (secondary N) is 1. The Kier molecular flexibility index (Phi) is 4.34. The van der Waals surface area contributed by atoms with Crippen molar-refractivity contribution < 1.29 is 9.47 Å². The van der Waals surface area contributed by atoms with Gasteiger partial charge in [-0.1, -0.05) is 18.2 Å². The lowest BCUT2D eigenvalue weighted by Crippen LogP contribution is -2.46. The van der Waals surface area contributed by atoms with Crippen LogP contribution in [0.3, 0.4) is 0 Å². The molecule has 3 aliphatic rings. The van der Waals surface area contributed by atoms with Gasteiger partial charge in [0.25, 0.3) is 0 Å². The molecule has 3 aromatic rings. The highest BCUT2D eigenvalue weighted by Crippen LogP contribution is 2.33. The maximum atomic E-state index is 5.51. The SMILES string of the molecule is c1ccc2c(NC3CC3)nc(N3CCN(Cc4ccc5c(c4)OCO5)CC3)nc2c1. The summed E-state index contributed by atoms with van der Waals surface area (Å²) in [6.07, 6.45) is 2.46. The van der Waals surface area contributed by atoms with Gasteiger partial charge in [-0.3, -0.25) is 4.90 Å². The summed E-state index contributed by atoms with van der Waals surface area (Å²) in [4.78, 5) is 14.5. The molecule has 1 saturated heterocycles. The van der Waals surface area contributed by atoms with Gasteiger partial charge in [-0.05, 0) is 42.7 Å². The number of nitrogens with zero attached hydrogens (tertiary/aromatic N) is 4. The normalized spacial score (nSPS) is 18.7. The van der Waals surface area contributed by atoms with Gasteiger partial charge in [0.15, 0.2) is 11.5 Å². The Morgan fingerprint density at radius 1 is 0.933 bits per heavy atom. The first kappa shape index (κ1) is 17.8. The number of rotatable bonds is 5. The largest absolute Gasteiger partial charge is 0.454 e. The number of anilines is 2. The number of ether oxygens (including phenoxy) is 2. The summed E-state index contributed by atoms with van der Waals surface area (Å²) in [6, 6.07) is 15.1. The van der Waals surface area contributed by atoms with Crippen LogP contribution in [-0.4, -0.2) is 53.9 Å². The predicted octanol–water partition coefficient (Wildman–Crippen LogP) is 3.26. The third kappa shape index (κ3) is 3.50. The van der Waals surface area contributed by atoms with E-state index < -0.39 is 0 Å². The van der Waals surface area contributed by atoms with Gasteiger partial charge < -0.3 is 19.7 Å². The minimum absolute atomic E-state index is 0.320. The van der Waals surface area contributed by atoms with Crippen LogP contribution in [0.5, 0.6) is 11.5 Å². The fourth-order valence-electron chi connectivity index (χ4n) is 4.14. The van der Waals surface area contributed by atoms with Crippen molar-refractivity contribution in [2.75, 3.05) is 43.2 Å². The van der Waals surface area contributed by atoms with Crippen LogP contribution in [0, 0.1) is 0 Å². The third-order valence-electron chi connectivity index (χ3n) is 6.01. The maximum absolute atomic E-state index is 5.51. The van der Waals surface area contributed by atoms with Gasteiger partial charge in [0.2, 0.25) is 12.7 Å². The molecule has 0 spiro atoms. The Morgan fingerprint density at radius 3 is 2.63 bits per heavy atom. The average Bonchev–Trinajstić information content (AvgIpc) is 3.47. The molecule has 0 bridgehead atoms. The molecule has 7 heteroatoms. The van der Waals surface area contributed by atoms with Gasteiger partial charge in [0, 0.05) is 44.2 Å². The molecule has 1 saturated carbocycles. The minimum atomic E-state index is 0.320. The molecule has 1 aliphatic carbocycles. The second-order valence-corrected chi connectivity index (χ2v) is 8.26. The fraction of sp³-hybridized carbons (Fsp3) is 0.391. The Balaban J connectivity index is 1.16. The predicted molar refractivity (Wildman–Crippen MR) is 116 cm³/mol. The summed E-state index contributed by atoms with van der Waals surface area (Å²) in [5, 5.41) is 4.70. The van der Waals surface area contributed by atoms with Crippen molar-refractivity contribution in [1.29, 1.82) is 0 Å². The van der Waals surface area contributed by atoms with Gasteiger partial charge in [-0.2, -0.15) is 4.98 Å². The summed E-state index contributed by atoms with van der Waals surface area (Å²) in [7, 11) is 0. The molecule has 2 fully saturated rings. The number of piperazine rings is 1. The van der Waals surface area contributed by atoms with E-state index in [1.165, 1.54) is 18.4 Å². The van der Waals surface area contributed by atoms with Gasteiger partial charge >= 0.3 is 0 Å². The first-order chi connectivity index (χ1) is 14.8. The molecule has 2 aliphatic heterocycles. The maximum Gasteiger partial charge on any atom is 0.231 e. The van der Waals surface area contributed by atoms with Crippen LogP contribution >= 0.6 is 0 Å². The topological polar surface area (TPSA) is 62.8 Å². The van der Waals surface area contributed by atoms with E-state index in [1.807, 2.05) is 12.1 Å². The van der Waals surface area contributed by atoms with E-state index in [0.717, 1.165) is 66.9 Å². The Hall–Kier alpha value is -3.06. The molecule has 0 radical (unpaired) electrons. The molecule has 154 valence electrons. The average molecular weight is 403 g/mol. The molecule has 1 N–H and O–H groups in total. The quantitative estimate of drug-likeness (QED) is 0.702. The van der Waals surface area contributed by atoms with Crippen molar-refractivity contribution >= 4 is 22.7 Å². The highest BCUT2D eigenvalue weighted by atomic mass is 16.7. The van der Waals surface area contributed by atoms with Crippen LogP contribution in [0.25, 0.3) is 10.9 Å². The Bertz CT molecular complexity index is 1080. The smallest absolute Gasteiger partial charge is 0.231 e. The number of hydrogen-bond donors (Lipinski definition) is 1. The fourth-order valence-corrected chi connectivity index (χ4v) is 4.14. The van der Waals surface area contributed by atoms with Crippen LogP contribution in [0.2, 0.25) is 0 Å². The molecule has 0 atom stereocenters. The molecule has 30 heavy (non-hydrogen) atoms. The summed E-state index contributed by atoms with van der Waals surface area (Å²) in [5.41, 5.74) is 2.26. The lowest BCUT2D eigenvalue weighted by Gasteiger charge is -2.35. The number of hydrogen-bond acceptors (Lipinski definition) is 7. The molecule has 0 unspecified atom stereocenters. The summed E-state index contributed by atoms with van der Waals surface area (Å²) >= 11 is 0. The van der Waals surface area contributed by atoms with Crippen LogP contribution in [0.4, 0.5) is 11.8 Å². The number of para-hydroxylation sites is 1. The van der Waals surface area contributed by atoms with E-state index >= 15 is 0 Å². The highest BCUT2D eigenvalue weighted by molar-refractivity contribution is 5.90. The van der Waals surface area contributed by atoms with E-state index in [4.69, 9.17) is 19.4 Å². The zero-order valence-corrected chi connectivity index (χ0v) is 16.9. The molecule has 1 aromatic heterocycles. The molecule has 0 amide bonds. The molecule has 7 nitrogen and oxygen atoms in total. The standard InChI is InChI=1S/C23H25N5O2/c1-2-4-19-18(3-1)22(24-17-6-7-17)26-23(25-19)28-11-9-27(10-12-28)14-16-5-8-20-21(13-16)30-15-29-20/h1-5,8,13,17H,6-7,9-12,14-15H2,(H,24,25,26). The van der Waals surface area contributed by atoms with Crippen molar-refractivity contribution in [2.24, 2.45) is 0 Å². The van der Waals surface area contributed by atoms with Crippen molar-refractivity contribution in [1.82, 2.24) is 14.9 Å². The molecular weight excluding hydrogens is 378 g/mol. The highest BCUT2D eigenvalue weighted by Gasteiger charge is 2.25. The van der Waals surface area contributed by atoms with Crippen molar-refractivity contribution in [3.63, 3.8) is 0 Å². The summed E-state index contributed by atoms with van der Waals surface area (Å²) in [6.45, 7) is 5.04. The number of fused-ring (bicyclic) bond motifs is 2. The van der Waals surface area contributed by atoms with Gasteiger partial charge in [-0.15, -0.1) is 0 Å². The summed E-state index contributed by atoms with van der Waals surface area (Å²) in [5.74, 6) is 3.50. The minimum Gasteiger partial charge on any atom is -0.454 e. The van der Waals surface area contributed by atoms with Gasteiger partial charge in [-0.25, -0.2) is 4.98 Å². The van der Waals surface area contributed by atoms with Crippen molar-refractivity contribution in [2.45, 2.75) is 25.4 Å².